The van der Waals surface area contributed by atoms with E-state index in [9.17, 15) is 19.7 Å². The minimum Gasteiger partial charge on any atom is -0.322 e. The first-order valence-corrected chi connectivity index (χ1v) is 7.10. The molecule has 122 valence electrons. The van der Waals surface area contributed by atoms with Crippen LogP contribution in [0.4, 0.5) is 11.4 Å². The zero-order valence-electron chi connectivity index (χ0n) is 13.0. The third kappa shape index (κ3) is 2.54. The second-order valence-corrected chi connectivity index (χ2v) is 5.37. The van der Waals surface area contributed by atoms with Gasteiger partial charge in [-0.15, -0.1) is 0 Å². The number of nitrogens with zero attached hydrogens (tertiary/aromatic N) is 3. The third-order valence-electron chi connectivity index (χ3n) is 3.85. The van der Waals surface area contributed by atoms with Gasteiger partial charge < -0.3 is 5.32 Å². The quantitative estimate of drug-likeness (QED) is 0.588. The van der Waals surface area contributed by atoms with E-state index in [0.29, 0.717) is 11.2 Å². The van der Waals surface area contributed by atoms with Gasteiger partial charge in [-0.25, -0.2) is 4.79 Å². The largest absolute Gasteiger partial charge is 0.328 e. The smallest absolute Gasteiger partial charge is 0.322 e. The van der Waals surface area contributed by atoms with Crippen LogP contribution in [0.5, 0.6) is 0 Å². The molecule has 1 heterocycles. The first kappa shape index (κ1) is 15.5. The van der Waals surface area contributed by atoms with Crippen molar-refractivity contribution < 1.29 is 9.72 Å². The molecule has 1 aromatic heterocycles. The molecular formula is C16H14N4O4. The van der Waals surface area contributed by atoms with Gasteiger partial charge in [0.15, 0.2) is 0 Å². The summed E-state index contributed by atoms with van der Waals surface area (Å²) in [7, 11) is 3.32. The van der Waals surface area contributed by atoms with Crippen LogP contribution in [0.25, 0.3) is 11.0 Å². The maximum Gasteiger partial charge on any atom is 0.328 e. The summed E-state index contributed by atoms with van der Waals surface area (Å²) in [5, 5.41) is 13.5. The number of amides is 1. The number of rotatable bonds is 3. The van der Waals surface area contributed by atoms with Gasteiger partial charge in [-0.1, -0.05) is 6.07 Å². The van der Waals surface area contributed by atoms with Crippen molar-refractivity contribution in [3.63, 3.8) is 0 Å². The number of carbonyl (C=O) groups excluding carboxylic acids is 1. The van der Waals surface area contributed by atoms with E-state index in [1.54, 1.807) is 32.3 Å². The third-order valence-corrected chi connectivity index (χ3v) is 3.85. The number of hydrogen-bond donors (Lipinski definition) is 1. The van der Waals surface area contributed by atoms with Crippen molar-refractivity contribution >= 4 is 28.3 Å². The molecule has 8 nitrogen and oxygen atoms in total. The van der Waals surface area contributed by atoms with Gasteiger partial charge >= 0.3 is 5.69 Å². The summed E-state index contributed by atoms with van der Waals surface area (Å²) in [6, 6.07) is 10.6. The first-order valence-electron chi connectivity index (χ1n) is 7.10. The van der Waals surface area contributed by atoms with Crippen molar-refractivity contribution in [2.45, 2.75) is 0 Å². The molecule has 0 aliphatic heterocycles. The summed E-state index contributed by atoms with van der Waals surface area (Å²) < 4.78 is 3.00. The van der Waals surface area contributed by atoms with Crippen LogP contribution in [0.1, 0.15) is 10.4 Å². The summed E-state index contributed by atoms with van der Waals surface area (Å²) >= 11 is 0. The Bertz CT molecular complexity index is 1030. The number of carbonyl (C=O) groups is 1. The first-order chi connectivity index (χ1) is 11.4. The number of nitrogens with one attached hydrogen (secondary N) is 1. The highest BCUT2D eigenvalue weighted by Gasteiger charge is 2.13. The summed E-state index contributed by atoms with van der Waals surface area (Å²) in [6.07, 6.45) is 0. The fourth-order valence-electron chi connectivity index (χ4n) is 2.55. The average Bonchev–Trinajstić information content (AvgIpc) is 2.79. The van der Waals surface area contributed by atoms with Gasteiger partial charge in [0.25, 0.3) is 11.6 Å². The Hall–Kier alpha value is -3.42. The van der Waals surface area contributed by atoms with Crippen LogP contribution in [0.3, 0.4) is 0 Å². The lowest BCUT2D eigenvalue weighted by atomic mass is 10.2. The highest BCUT2D eigenvalue weighted by Crippen LogP contribution is 2.19. The van der Waals surface area contributed by atoms with Crippen molar-refractivity contribution in [2.75, 3.05) is 5.32 Å². The van der Waals surface area contributed by atoms with Crippen molar-refractivity contribution in [1.82, 2.24) is 9.13 Å². The van der Waals surface area contributed by atoms with Gasteiger partial charge in [-0.2, -0.15) is 0 Å². The maximum absolute atomic E-state index is 12.3. The summed E-state index contributed by atoms with van der Waals surface area (Å²) in [5.41, 5.74) is 1.80. The van der Waals surface area contributed by atoms with Crippen LogP contribution in [0.2, 0.25) is 0 Å². The minimum absolute atomic E-state index is 0.149. The van der Waals surface area contributed by atoms with E-state index in [0.717, 1.165) is 5.52 Å². The number of anilines is 1. The number of nitro benzene ring substituents is 1. The Kier molecular flexibility index (Phi) is 3.64. The van der Waals surface area contributed by atoms with Gasteiger partial charge in [0.2, 0.25) is 0 Å². The molecule has 0 aliphatic carbocycles. The molecule has 0 radical (unpaired) electrons. The fourth-order valence-corrected chi connectivity index (χ4v) is 2.55. The normalized spacial score (nSPS) is 10.8. The molecule has 3 rings (SSSR count). The predicted molar refractivity (Wildman–Crippen MR) is 89.2 cm³/mol. The number of aromatic nitrogens is 2. The van der Waals surface area contributed by atoms with E-state index < -0.39 is 10.8 Å². The second-order valence-electron chi connectivity index (χ2n) is 5.37. The van der Waals surface area contributed by atoms with Crippen LogP contribution in [0, 0.1) is 10.1 Å². The molecule has 1 N–H and O–H groups in total. The van der Waals surface area contributed by atoms with E-state index in [1.807, 2.05) is 0 Å². The Morgan fingerprint density at radius 3 is 2.50 bits per heavy atom. The monoisotopic (exact) mass is 326 g/mol. The van der Waals surface area contributed by atoms with Gasteiger partial charge in [0.05, 0.1) is 16.0 Å². The molecule has 0 saturated carbocycles. The van der Waals surface area contributed by atoms with E-state index in [1.165, 1.54) is 33.4 Å². The number of nitro groups is 1. The van der Waals surface area contributed by atoms with Crippen LogP contribution in [-0.4, -0.2) is 20.0 Å². The van der Waals surface area contributed by atoms with Crippen molar-refractivity contribution in [2.24, 2.45) is 14.1 Å². The number of benzene rings is 2. The molecule has 0 unspecified atom stereocenters. The van der Waals surface area contributed by atoms with Crippen molar-refractivity contribution in [1.29, 1.82) is 0 Å². The predicted octanol–water partition coefficient (Wildman–Crippen LogP) is 2.04. The second kappa shape index (κ2) is 5.65. The summed E-state index contributed by atoms with van der Waals surface area (Å²) in [5.74, 6) is -0.459. The Labute approximate surface area is 136 Å². The van der Waals surface area contributed by atoms with Gasteiger partial charge in [-0.05, 0) is 24.3 Å². The lowest BCUT2D eigenvalue weighted by Crippen LogP contribution is -2.19. The zero-order valence-corrected chi connectivity index (χ0v) is 13.0. The highest BCUT2D eigenvalue weighted by atomic mass is 16.6. The van der Waals surface area contributed by atoms with E-state index >= 15 is 0 Å². The molecule has 3 aromatic rings. The van der Waals surface area contributed by atoms with Crippen LogP contribution >= 0.6 is 0 Å². The molecule has 0 fully saturated rings. The zero-order chi connectivity index (χ0) is 17.4. The van der Waals surface area contributed by atoms with E-state index in [-0.39, 0.29) is 16.9 Å². The lowest BCUT2D eigenvalue weighted by Gasteiger charge is -2.06. The molecular weight excluding hydrogens is 312 g/mol. The molecule has 0 saturated heterocycles. The van der Waals surface area contributed by atoms with Gasteiger partial charge in [-0.3, -0.25) is 24.0 Å². The molecule has 24 heavy (non-hydrogen) atoms. The van der Waals surface area contributed by atoms with E-state index in [2.05, 4.69) is 5.32 Å². The molecule has 2 aromatic carbocycles. The summed E-state index contributed by atoms with van der Waals surface area (Å²) in [4.78, 5) is 34.4. The molecule has 0 atom stereocenters. The van der Waals surface area contributed by atoms with Crippen LogP contribution in [0.15, 0.2) is 47.3 Å². The number of non-ortho nitro benzene ring substituents is 1. The van der Waals surface area contributed by atoms with Gasteiger partial charge in [0.1, 0.15) is 0 Å². The molecule has 1 amide bonds. The molecule has 0 spiro atoms. The Morgan fingerprint density at radius 1 is 1.08 bits per heavy atom. The number of hydrogen-bond acceptors (Lipinski definition) is 4. The highest BCUT2D eigenvalue weighted by molar-refractivity contribution is 6.05. The Balaban J connectivity index is 1.93. The van der Waals surface area contributed by atoms with Crippen molar-refractivity contribution in [3.05, 3.63) is 68.6 Å². The molecule has 0 bridgehead atoms. The molecule has 8 heteroatoms. The van der Waals surface area contributed by atoms with Crippen molar-refractivity contribution in [3.8, 4) is 0 Å². The minimum atomic E-state index is -0.553. The topological polar surface area (TPSA) is 99.2 Å². The van der Waals surface area contributed by atoms with Gasteiger partial charge in [0, 0.05) is 37.5 Å². The Morgan fingerprint density at radius 2 is 1.79 bits per heavy atom. The maximum atomic E-state index is 12.3. The van der Waals surface area contributed by atoms with E-state index in [4.69, 9.17) is 0 Å². The SMILES string of the molecule is Cn1c(=O)n(C)c2cc(NC(=O)c3cccc([N+](=O)[O-])c3)ccc21. The van der Waals surface area contributed by atoms with Crippen LogP contribution in [-0.2, 0) is 14.1 Å². The average molecular weight is 326 g/mol. The lowest BCUT2D eigenvalue weighted by molar-refractivity contribution is -0.384. The number of fused-ring (bicyclic) bond motifs is 1. The fraction of sp³-hybridized carbons (Fsp3) is 0.125. The van der Waals surface area contributed by atoms with Crippen LogP contribution < -0.4 is 11.0 Å². The number of imidazole rings is 1. The molecule has 0 aliphatic rings. The standard InChI is InChI=1S/C16H14N4O4/c1-18-13-7-6-11(9-14(13)19(2)16(18)22)17-15(21)10-4-3-5-12(8-10)20(23)24/h3-9H,1-2H3,(H,17,21). The summed E-state index contributed by atoms with van der Waals surface area (Å²) in [6.45, 7) is 0. The number of aryl methyl sites for hydroxylation is 2.